The zero-order valence-electron chi connectivity index (χ0n) is 15.5. The second kappa shape index (κ2) is 6.19. The molecule has 0 saturated heterocycles. The van der Waals surface area contributed by atoms with E-state index < -0.39 is 5.60 Å². The number of imidazole rings is 1. The van der Waals surface area contributed by atoms with Crippen molar-refractivity contribution in [1.29, 1.82) is 0 Å². The average Bonchev–Trinajstić information content (AvgIpc) is 3.23. The van der Waals surface area contributed by atoms with E-state index in [1.807, 2.05) is 43.5 Å². The number of pyridine rings is 1. The maximum absolute atomic E-state index is 12.4. The molecule has 27 heavy (non-hydrogen) atoms. The minimum atomic E-state index is -0.530. The number of amides is 1. The van der Waals surface area contributed by atoms with E-state index in [0.29, 0.717) is 17.9 Å². The van der Waals surface area contributed by atoms with Crippen LogP contribution in [-0.2, 0) is 11.2 Å². The molecule has 7 nitrogen and oxygen atoms in total. The molecule has 0 N–H and O–H groups in total. The summed E-state index contributed by atoms with van der Waals surface area (Å²) in [4.78, 5) is 33.8. The van der Waals surface area contributed by atoms with Crippen molar-refractivity contribution in [3.05, 3.63) is 47.9 Å². The van der Waals surface area contributed by atoms with Crippen LogP contribution in [0.1, 0.15) is 36.8 Å². The van der Waals surface area contributed by atoms with Crippen molar-refractivity contribution in [3.63, 3.8) is 0 Å². The van der Waals surface area contributed by atoms with Gasteiger partial charge in [-0.1, -0.05) is 0 Å². The van der Waals surface area contributed by atoms with Crippen molar-refractivity contribution in [2.75, 3.05) is 11.4 Å². The summed E-state index contributed by atoms with van der Waals surface area (Å²) in [5.41, 5.74) is 3.99. The summed E-state index contributed by atoms with van der Waals surface area (Å²) in [6.07, 6.45) is 2.83. The van der Waals surface area contributed by atoms with E-state index in [-0.39, 0.29) is 6.09 Å². The molecule has 1 aliphatic rings. The third-order valence-corrected chi connectivity index (χ3v) is 4.39. The SMILES string of the molecule is CC(C)(C)OC(=O)N1CCc2cc(-n3cnc4ccc(C=O)nc43)ccc21. The Labute approximate surface area is 156 Å². The molecule has 0 fully saturated rings. The number of carbonyl (C=O) groups is 2. The van der Waals surface area contributed by atoms with E-state index in [0.717, 1.165) is 35.2 Å². The number of ether oxygens (including phenoxy) is 1. The van der Waals surface area contributed by atoms with Gasteiger partial charge in [-0.2, -0.15) is 0 Å². The normalized spacial score (nSPS) is 13.7. The summed E-state index contributed by atoms with van der Waals surface area (Å²) in [5, 5.41) is 0. The number of aldehydes is 1. The Hall–Kier alpha value is -3.22. The number of rotatable bonds is 2. The van der Waals surface area contributed by atoms with Gasteiger partial charge in [0.05, 0.1) is 5.69 Å². The molecule has 7 heteroatoms. The largest absolute Gasteiger partial charge is 0.443 e. The Morgan fingerprint density at radius 1 is 1.22 bits per heavy atom. The van der Waals surface area contributed by atoms with E-state index >= 15 is 0 Å². The van der Waals surface area contributed by atoms with Crippen LogP contribution in [0.2, 0.25) is 0 Å². The first-order valence-corrected chi connectivity index (χ1v) is 8.79. The molecule has 0 spiro atoms. The Morgan fingerprint density at radius 2 is 2.04 bits per heavy atom. The van der Waals surface area contributed by atoms with Crippen LogP contribution in [0.3, 0.4) is 0 Å². The molecule has 0 unspecified atom stereocenters. The second-order valence-corrected chi connectivity index (χ2v) is 7.51. The summed E-state index contributed by atoms with van der Waals surface area (Å²) < 4.78 is 7.34. The van der Waals surface area contributed by atoms with Gasteiger partial charge in [-0.25, -0.2) is 14.8 Å². The first kappa shape index (κ1) is 17.2. The molecule has 1 aromatic carbocycles. The molecule has 0 bridgehead atoms. The number of fused-ring (bicyclic) bond motifs is 2. The molecule has 0 saturated carbocycles. The fourth-order valence-corrected chi connectivity index (χ4v) is 3.21. The first-order chi connectivity index (χ1) is 12.9. The van der Waals surface area contributed by atoms with Crippen LogP contribution in [-0.4, -0.2) is 39.1 Å². The molecule has 138 valence electrons. The zero-order chi connectivity index (χ0) is 19.2. The van der Waals surface area contributed by atoms with Crippen molar-refractivity contribution < 1.29 is 14.3 Å². The van der Waals surface area contributed by atoms with Gasteiger partial charge >= 0.3 is 6.09 Å². The highest BCUT2D eigenvalue weighted by molar-refractivity contribution is 5.91. The van der Waals surface area contributed by atoms with Gasteiger partial charge in [-0.15, -0.1) is 0 Å². The van der Waals surface area contributed by atoms with Gasteiger partial charge < -0.3 is 4.74 Å². The van der Waals surface area contributed by atoms with Gasteiger partial charge in [0.2, 0.25) is 0 Å². The molecule has 0 radical (unpaired) electrons. The Morgan fingerprint density at radius 3 is 2.78 bits per heavy atom. The molecule has 3 aromatic rings. The second-order valence-electron chi connectivity index (χ2n) is 7.51. The van der Waals surface area contributed by atoms with Gasteiger partial charge in [-0.05, 0) is 63.1 Å². The number of aromatic nitrogens is 3. The zero-order valence-corrected chi connectivity index (χ0v) is 15.5. The lowest BCUT2D eigenvalue weighted by molar-refractivity contribution is 0.0584. The molecule has 0 aliphatic carbocycles. The third kappa shape index (κ3) is 3.16. The number of benzene rings is 1. The van der Waals surface area contributed by atoms with E-state index in [4.69, 9.17) is 4.74 Å². The van der Waals surface area contributed by atoms with Crippen LogP contribution in [0.15, 0.2) is 36.7 Å². The highest BCUT2D eigenvalue weighted by Crippen LogP contribution is 2.32. The van der Waals surface area contributed by atoms with E-state index in [9.17, 15) is 9.59 Å². The predicted molar refractivity (Wildman–Crippen MR) is 102 cm³/mol. The molecule has 2 aromatic heterocycles. The maximum atomic E-state index is 12.4. The number of nitrogens with zero attached hydrogens (tertiary/aromatic N) is 4. The number of hydrogen-bond donors (Lipinski definition) is 0. The molecular formula is C20H20N4O3. The monoisotopic (exact) mass is 364 g/mol. The van der Waals surface area contributed by atoms with Gasteiger partial charge in [0.1, 0.15) is 23.1 Å². The van der Waals surface area contributed by atoms with Gasteiger partial charge in [-0.3, -0.25) is 14.3 Å². The summed E-state index contributed by atoms with van der Waals surface area (Å²) >= 11 is 0. The van der Waals surface area contributed by atoms with Gasteiger partial charge in [0.25, 0.3) is 0 Å². The number of carbonyl (C=O) groups excluding carboxylic acids is 2. The fraction of sp³-hybridized carbons (Fsp3) is 0.300. The molecule has 1 aliphatic heterocycles. The maximum Gasteiger partial charge on any atom is 0.414 e. The van der Waals surface area contributed by atoms with E-state index in [2.05, 4.69) is 9.97 Å². The van der Waals surface area contributed by atoms with Crippen molar-refractivity contribution in [2.24, 2.45) is 0 Å². The minimum Gasteiger partial charge on any atom is -0.443 e. The Kier molecular flexibility index (Phi) is 3.95. The summed E-state index contributed by atoms with van der Waals surface area (Å²) in [7, 11) is 0. The molecule has 4 rings (SSSR count). The lowest BCUT2D eigenvalue weighted by Crippen LogP contribution is -2.35. The molecule has 1 amide bonds. The smallest absolute Gasteiger partial charge is 0.414 e. The Balaban J connectivity index is 1.69. The van der Waals surface area contributed by atoms with Gasteiger partial charge in [0, 0.05) is 12.2 Å². The molecule has 0 atom stereocenters. The van der Waals surface area contributed by atoms with E-state index in [1.165, 1.54) is 0 Å². The van der Waals surface area contributed by atoms with Crippen molar-refractivity contribution in [3.8, 4) is 5.69 Å². The fourth-order valence-electron chi connectivity index (χ4n) is 3.21. The van der Waals surface area contributed by atoms with Crippen LogP contribution in [0.25, 0.3) is 16.9 Å². The van der Waals surface area contributed by atoms with Crippen LogP contribution < -0.4 is 4.90 Å². The van der Waals surface area contributed by atoms with Crippen LogP contribution in [0.4, 0.5) is 10.5 Å². The van der Waals surface area contributed by atoms with Crippen LogP contribution >= 0.6 is 0 Å². The summed E-state index contributed by atoms with van der Waals surface area (Å²) in [6.45, 7) is 6.16. The molecule has 3 heterocycles. The van der Waals surface area contributed by atoms with Gasteiger partial charge in [0.15, 0.2) is 11.9 Å². The number of anilines is 1. The topological polar surface area (TPSA) is 77.3 Å². The highest BCUT2D eigenvalue weighted by atomic mass is 16.6. The summed E-state index contributed by atoms with van der Waals surface area (Å²) in [5.74, 6) is 0. The lowest BCUT2D eigenvalue weighted by atomic mass is 10.1. The van der Waals surface area contributed by atoms with Crippen molar-refractivity contribution in [1.82, 2.24) is 14.5 Å². The Bertz CT molecular complexity index is 1050. The standard InChI is InChI=1S/C20H20N4O3/c1-20(2,3)27-19(26)23-9-8-13-10-15(5-7-17(13)23)24-12-21-16-6-4-14(11-25)22-18(16)24/h4-7,10-12H,8-9H2,1-3H3. The highest BCUT2D eigenvalue weighted by Gasteiger charge is 2.29. The summed E-state index contributed by atoms with van der Waals surface area (Å²) in [6, 6.07) is 9.28. The molecular weight excluding hydrogens is 344 g/mol. The minimum absolute atomic E-state index is 0.334. The van der Waals surface area contributed by atoms with Crippen molar-refractivity contribution in [2.45, 2.75) is 32.8 Å². The third-order valence-electron chi connectivity index (χ3n) is 4.39. The lowest BCUT2D eigenvalue weighted by Gasteiger charge is -2.24. The predicted octanol–water partition coefficient (Wildman–Crippen LogP) is 3.53. The van der Waals surface area contributed by atoms with Crippen LogP contribution in [0, 0.1) is 0 Å². The van der Waals surface area contributed by atoms with Crippen molar-refractivity contribution >= 4 is 29.2 Å². The first-order valence-electron chi connectivity index (χ1n) is 8.79. The van der Waals surface area contributed by atoms with Crippen LogP contribution in [0.5, 0.6) is 0 Å². The average molecular weight is 364 g/mol. The number of hydrogen-bond acceptors (Lipinski definition) is 5. The van der Waals surface area contributed by atoms with E-state index in [1.54, 1.807) is 23.4 Å². The quantitative estimate of drug-likeness (QED) is 0.650.